The first-order valence-corrected chi connectivity index (χ1v) is 11.3. The van der Waals surface area contributed by atoms with E-state index in [9.17, 15) is 0 Å². The normalized spacial score (nSPS) is 11.6. The number of benzene rings is 1. The molecule has 0 atom stereocenters. The van der Waals surface area contributed by atoms with Crippen LogP contribution in [0, 0.1) is 20.8 Å². The number of thioether (sulfide) groups is 1. The standard InChI is InChI=1S/C21H34N6OS/c1-16-12-17(2)14-19(13-16)28-10-9-26(4)21(22-8-7-11-29-6)23-15-20-25-24-18(3)27(20)5/h12-14H,7-11,15H2,1-6H3,(H,22,23). The van der Waals surface area contributed by atoms with Crippen molar-refractivity contribution in [1.82, 2.24) is 25.0 Å². The van der Waals surface area contributed by atoms with E-state index in [1.54, 1.807) is 0 Å². The van der Waals surface area contributed by atoms with Crippen molar-refractivity contribution in [2.24, 2.45) is 12.0 Å². The maximum Gasteiger partial charge on any atom is 0.194 e. The van der Waals surface area contributed by atoms with Gasteiger partial charge in [-0.05, 0) is 62.5 Å². The second kappa shape index (κ2) is 11.7. The van der Waals surface area contributed by atoms with Crippen LogP contribution >= 0.6 is 11.8 Å². The first-order chi connectivity index (χ1) is 13.9. The zero-order chi connectivity index (χ0) is 21.2. The summed E-state index contributed by atoms with van der Waals surface area (Å²) in [6.07, 6.45) is 3.22. The average Bonchev–Trinajstić information content (AvgIpc) is 2.98. The Hall–Kier alpha value is -2.22. The van der Waals surface area contributed by atoms with E-state index in [0.29, 0.717) is 13.2 Å². The van der Waals surface area contributed by atoms with Crippen LogP contribution in [0.15, 0.2) is 23.2 Å². The topological polar surface area (TPSA) is 67.6 Å². The molecule has 2 aromatic rings. The molecule has 1 aromatic carbocycles. The van der Waals surface area contributed by atoms with Crippen molar-refractivity contribution < 1.29 is 4.74 Å². The fraction of sp³-hybridized carbons (Fsp3) is 0.571. The summed E-state index contributed by atoms with van der Waals surface area (Å²) in [5.41, 5.74) is 2.43. The van der Waals surface area contributed by atoms with Gasteiger partial charge in [-0.15, -0.1) is 10.2 Å². The van der Waals surface area contributed by atoms with E-state index >= 15 is 0 Å². The monoisotopic (exact) mass is 418 g/mol. The largest absolute Gasteiger partial charge is 0.492 e. The van der Waals surface area contributed by atoms with Gasteiger partial charge >= 0.3 is 0 Å². The van der Waals surface area contributed by atoms with Gasteiger partial charge in [0.25, 0.3) is 0 Å². The van der Waals surface area contributed by atoms with Gasteiger partial charge < -0.3 is 19.5 Å². The quantitative estimate of drug-likeness (QED) is 0.363. The van der Waals surface area contributed by atoms with Crippen LogP contribution in [0.1, 0.15) is 29.2 Å². The van der Waals surface area contributed by atoms with E-state index in [0.717, 1.165) is 48.6 Å². The van der Waals surface area contributed by atoms with Crippen LogP contribution in [0.4, 0.5) is 0 Å². The number of nitrogens with one attached hydrogen (secondary N) is 1. The Bertz CT molecular complexity index is 784. The SMILES string of the molecule is CSCCCNC(=NCc1nnc(C)n1C)N(C)CCOc1cc(C)cc(C)c1. The number of likely N-dealkylation sites (N-methyl/N-ethyl adjacent to an activating group) is 1. The molecule has 29 heavy (non-hydrogen) atoms. The number of aryl methyl sites for hydroxylation is 3. The highest BCUT2D eigenvalue weighted by Crippen LogP contribution is 2.16. The molecule has 0 fully saturated rings. The number of hydrogen-bond donors (Lipinski definition) is 1. The molecule has 0 bridgehead atoms. The number of hydrogen-bond acceptors (Lipinski definition) is 5. The molecule has 160 valence electrons. The van der Waals surface area contributed by atoms with E-state index < -0.39 is 0 Å². The number of aliphatic imine (C=N–C) groups is 1. The summed E-state index contributed by atoms with van der Waals surface area (Å²) in [6.45, 7) is 8.82. The lowest BCUT2D eigenvalue weighted by Crippen LogP contribution is -2.41. The predicted molar refractivity (Wildman–Crippen MR) is 122 cm³/mol. The highest BCUT2D eigenvalue weighted by molar-refractivity contribution is 7.98. The molecule has 0 saturated heterocycles. The average molecular weight is 419 g/mol. The molecule has 0 amide bonds. The number of guanidine groups is 1. The molecule has 8 heteroatoms. The Morgan fingerprint density at radius 2 is 1.93 bits per heavy atom. The lowest BCUT2D eigenvalue weighted by molar-refractivity contribution is 0.281. The zero-order valence-electron chi connectivity index (χ0n) is 18.5. The molecular formula is C21H34N6OS. The summed E-state index contributed by atoms with van der Waals surface area (Å²) < 4.78 is 7.93. The summed E-state index contributed by atoms with van der Waals surface area (Å²) in [5, 5.41) is 11.8. The molecule has 0 unspecified atom stereocenters. The Morgan fingerprint density at radius 3 is 2.55 bits per heavy atom. The van der Waals surface area contributed by atoms with Crippen LogP contribution in [0.25, 0.3) is 0 Å². The highest BCUT2D eigenvalue weighted by Gasteiger charge is 2.09. The zero-order valence-corrected chi connectivity index (χ0v) is 19.3. The fourth-order valence-corrected chi connectivity index (χ4v) is 3.32. The molecule has 2 rings (SSSR count). The minimum absolute atomic E-state index is 0.491. The molecule has 0 aliphatic heterocycles. The molecule has 0 saturated carbocycles. The van der Waals surface area contributed by atoms with E-state index in [4.69, 9.17) is 9.73 Å². The van der Waals surface area contributed by atoms with Crippen molar-refractivity contribution in [2.75, 3.05) is 38.8 Å². The maximum absolute atomic E-state index is 5.96. The van der Waals surface area contributed by atoms with Crippen molar-refractivity contribution in [2.45, 2.75) is 33.7 Å². The lowest BCUT2D eigenvalue weighted by Gasteiger charge is -2.22. The summed E-state index contributed by atoms with van der Waals surface area (Å²) >= 11 is 1.86. The first kappa shape index (κ1) is 23.1. The van der Waals surface area contributed by atoms with Crippen molar-refractivity contribution in [3.05, 3.63) is 41.0 Å². The van der Waals surface area contributed by atoms with Crippen LogP contribution < -0.4 is 10.1 Å². The van der Waals surface area contributed by atoms with Gasteiger partial charge in [-0.25, -0.2) is 4.99 Å². The third kappa shape index (κ3) is 7.61. The van der Waals surface area contributed by atoms with Crippen LogP contribution in [0.2, 0.25) is 0 Å². The fourth-order valence-electron chi connectivity index (χ4n) is 2.89. The number of rotatable bonds is 10. The van der Waals surface area contributed by atoms with Gasteiger partial charge in [0.15, 0.2) is 11.8 Å². The number of aromatic nitrogens is 3. The van der Waals surface area contributed by atoms with Crippen molar-refractivity contribution in [3.63, 3.8) is 0 Å². The molecule has 0 spiro atoms. The van der Waals surface area contributed by atoms with Gasteiger partial charge in [-0.2, -0.15) is 11.8 Å². The third-order valence-electron chi connectivity index (χ3n) is 4.61. The van der Waals surface area contributed by atoms with Crippen LogP contribution in [0.3, 0.4) is 0 Å². The first-order valence-electron chi connectivity index (χ1n) is 9.95. The summed E-state index contributed by atoms with van der Waals surface area (Å²) in [7, 11) is 4.00. The van der Waals surface area contributed by atoms with E-state index in [1.807, 2.05) is 37.3 Å². The Morgan fingerprint density at radius 1 is 1.21 bits per heavy atom. The van der Waals surface area contributed by atoms with Crippen molar-refractivity contribution in [1.29, 1.82) is 0 Å². The van der Waals surface area contributed by atoms with Crippen molar-refractivity contribution in [3.8, 4) is 5.75 Å². The smallest absolute Gasteiger partial charge is 0.194 e. The van der Waals surface area contributed by atoms with Gasteiger partial charge in [0, 0.05) is 20.6 Å². The van der Waals surface area contributed by atoms with Gasteiger partial charge in [0.2, 0.25) is 0 Å². The Labute approximate surface area is 179 Å². The Kier molecular flexibility index (Phi) is 9.31. The van der Waals surface area contributed by atoms with E-state index in [-0.39, 0.29) is 0 Å². The minimum Gasteiger partial charge on any atom is -0.492 e. The molecule has 0 radical (unpaired) electrons. The van der Waals surface area contributed by atoms with Crippen LogP contribution in [-0.4, -0.2) is 64.4 Å². The second-order valence-corrected chi connectivity index (χ2v) is 8.21. The van der Waals surface area contributed by atoms with Crippen LogP contribution in [-0.2, 0) is 13.6 Å². The van der Waals surface area contributed by atoms with Crippen molar-refractivity contribution >= 4 is 17.7 Å². The number of nitrogens with zero attached hydrogens (tertiary/aromatic N) is 5. The van der Waals surface area contributed by atoms with Gasteiger partial charge in [-0.3, -0.25) is 0 Å². The molecule has 1 N–H and O–H groups in total. The summed E-state index contributed by atoms with van der Waals surface area (Å²) in [6, 6.07) is 6.29. The minimum atomic E-state index is 0.491. The summed E-state index contributed by atoms with van der Waals surface area (Å²) in [5.74, 6) is 4.64. The van der Waals surface area contributed by atoms with Crippen LogP contribution in [0.5, 0.6) is 5.75 Å². The molecular weight excluding hydrogens is 384 g/mol. The predicted octanol–water partition coefficient (Wildman–Crippen LogP) is 2.95. The molecule has 1 aromatic heterocycles. The van der Waals surface area contributed by atoms with Gasteiger partial charge in [0.05, 0.1) is 6.54 Å². The number of ether oxygens (including phenoxy) is 1. The summed E-state index contributed by atoms with van der Waals surface area (Å²) in [4.78, 5) is 6.87. The van der Waals surface area contributed by atoms with E-state index in [2.05, 4.69) is 58.7 Å². The molecule has 0 aliphatic rings. The van der Waals surface area contributed by atoms with Gasteiger partial charge in [0.1, 0.15) is 24.7 Å². The molecule has 0 aliphatic carbocycles. The van der Waals surface area contributed by atoms with Gasteiger partial charge in [-0.1, -0.05) is 6.07 Å². The molecule has 1 heterocycles. The maximum atomic E-state index is 5.96. The second-order valence-electron chi connectivity index (χ2n) is 7.23. The van der Waals surface area contributed by atoms with E-state index in [1.165, 1.54) is 11.1 Å². The Balaban J connectivity index is 1.96. The third-order valence-corrected chi connectivity index (χ3v) is 5.31. The lowest BCUT2D eigenvalue weighted by atomic mass is 10.1. The molecule has 7 nitrogen and oxygen atoms in total. The highest BCUT2D eigenvalue weighted by atomic mass is 32.2.